The normalized spacial score (nSPS) is 18.8. The van der Waals surface area contributed by atoms with Crippen molar-refractivity contribution in [3.8, 4) is 0 Å². The highest BCUT2D eigenvalue weighted by molar-refractivity contribution is 7.89. The quantitative estimate of drug-likeness (QED) is 0.747. The Morgan fingerprint density at radius 1 is 1.29 bits per heavy atom. The molecule has 0 atom stereocenters. The van der Waals surface area contributed by atoms with Gasteiger partial charge in [-0.3, -0.25) is 0 Å². The summed E-state index contributed by atoms with van der Waals surface area (Å²) in [7, 11) is -3.63. The number of hydrogen-bond donors (Lipinski definition) is 2. The highest BCUT2D eigenvalue weighted by Gasteiger charge is 2.33. The molecule has 0 aliphatic carbocycles. The third-order valence-electron chi connectivity index (χ3n) is 3.60. The molecule has 6 nitrogen and oxygen atoms in total. The number of sulfonamides is 1. The molecule has 0 amide bonds. The van der Waals surface area contributed by atoms with E-state index in [9.17, 15) is 8.42 Å². The maximum atomic E-state index is 12.4. The summed E-state index contributed by atoms with van der Waals surface area (Å²) in [4.78, 5) is 0. The van der Waals surface area contributed by atoms with Crippen LogP contribution in [0, 0.1) is 0 Å². The van der Waals surface area contributed by atoms with Crippen LogP contribution in [0.25, 0.3) is 0 Å². The zero-order valence-corrected chi connectivity index (χ0v) is 13.5. The first-order valence-electron chi connectivity index (χ1n) is 7.36. The fraction of sp³-hybridized carbons (Fsp3) is 0.714. The van der Waals surface area contributed by atoms with Gasteiger partial charge in [0.2, 0.25) is 5.09 Å². The van der Waals surface area contributed by atoms with Crippen LogP contribution in [0.15, 0.2) is 21.6 Å². The van der Waals surface area contributed by atoms with Crippen molar-refractivity contribution in [3.05, 3.63) is 17.9 Å². The monoisotopic (exact) mass is 316 g/mol. The van der Waals surface area contributed by atoms with Crippen LogP contribution < -0.4 is 10.0 Å². The molecule has 7 heteroatoms. The lowest BCUT2D eigenvalue weighted by atomic mass is 9.94. The third-order valence-corrected chi connectivity index (χ3v) is 5.12. The fourth-order valence-electron chi connectivity index (χ4n) is 2.28. The minimum Gasteiger partial charge on any atom is -0.447 e. The van der Waals surface area contributed by atoms with Crippen LogP contribution in [-0.4, -0.2) is 33.7 Å². The van der Waals surface area contributed by atoms with Crippen molar-refractivity contribution in [2.75, 3.05) is 19.8 Å². The van der Waals surface area contributed by atoms with E-state index in [-0.39, 0.29) is 5.09 Å². The largest absolute Gasteiger partial charge is 0.447 e. The molecule has 1 saturated heterocycles. The van der Waals surface area contributed by atoms with Gasteiger partial charge in [-0.25, -0.2) is 13.1 Å². The van der Waals surface area contributed by atoms with Gasteiger partial charge in [-0.1, -0.05) is 6.92 Å². The second-order valence-electron chi connectivity index (χ2n) is 5.68. The van der Waals surface area contributed by atoms with Crippen molar-refractivity contribution in [2.24, 2.45) is 0 Å². The molecule has 21 heavy (non-hydrogen) atoms. The second-order valence-corrected chi connectivity index (χ2v) is 7.29. The van der Waals surface area contributed by atoms with Crippen molar-refractivity contribution in [3.63, 3.8) is 0 Å². The van der Waals surface area contributed by atoms with E-state index in [2.05, 4.69) is 17.0 Å². The van der Waals surface area contributed by atoms with Gasteiger partial charge in [0.15, 0.2) is 0 Å². The number of furan rings is 1. The highest BCUT2D eigenvalue weighted by Crippen LogP contribution is 2.23. The Balaban J connectivity index is 2.02. The maximum Gasteiger partial charge on any atom is 0.274 e. The number of hydrogen-bond acceptors (Lipinski definition) is 5. The highest BCUT2D eigenvalue weighted by atomic mass is 32.2. The van der Waals surface area contributed by atoms with Gasteiger partial charge >= 0.3 is 0 Å². The molecule has 120 valence electrons. The zero-order chi connectivity index (χ0) is 15.3. The van der Waals surface area contributed by atoms with Crippen LogP contribution in [0.5, 0.6) is 0 Å². The lowest BCUT2D eigenvalue weighted by Gasteiger charge is -2.33. The molecular weight excluding hydrogens is 292 g/mol. The van der Waals surface area contributed by atoms with Gasteiger partial charge < -0.3 is 14.5 Å². The second kappa shape index (κ2) is 6.91. The van der Waals surface area contributed by atoms with Gasteiger partial charge in [0.05, 0.1) is 6.54 Å². The molecule has 0 radical (unpaired) electrons. The van der Waals surface area contributed by atoms with Crippen LogP contribution in [0.4, 0.5) is 0 Å². The first-order valence-corrected chi connectivity index (χ1v) is 8.85. The van der Waals surface area contributed by atoms with Crippen LogP contribution in [0.3, 0.4) is 0 Å². The lowest BCUT2D eigenvalue weighted by molar-refractivity contribution is 0.0536. The molecule has 1 aliphatic rings. The van der Waals surface area contributed by atoms with Crippen molar-refractivity contribution < 1.29 is 17.6 Å². The number of nitrogens with one attached hydrogen (secondary N) is 2. The predicted octanol–water partition coefficient (Wildman–Crippen LogP) is 1.63. The van der Waals surface area contributed by atoms with Crippen LogP contribution >= 0.6 is 0 Å². The van der Waals surface area contributed by atoms with Gasteiger partial charge in [0.25, 0.3) is 10.0 Å². The first-order chi connectivity index (χ1) is 9.95. The van der Waals surface area contributed by atoms with E-state index in [1.807, 2.05) is 6.92 Å². The molecule has 0 unspecified atom stereocenters. The Morgan fingerprint density at radius 2 is 2.00 bits per heavy atom. The fourth-order valence-corrected chi connectivity index (χ4v) is 3.70. The van der Waals surface area contributed by atoms with E-state index in [1.165, 1.54) is 6.07 Å². The summed E-state index contributed by atoms with van der Waals surface area (Å²) in [5, 5.41) is 3.15. The van der Waals surface area contributed by atoms with E-state index in [1.54, 1.807) is 6.07 Å². The van der Waals surface area contributed by atoms with E-state index < -0.39 is 15.6 Å². The van der Waals surface area contributed by atoms with Gasteiger partial charge in [0, 0.05) is 18.8 Å². The molecule has 1 aromatic heterocycles. The Morgan fingerprint density at radius 3 is 2.67 bits per heavy atom. The van der Waals surface area contributed by atoms with Crippen molar-refractivity contribution in [1.29, 1.82) is 0 Å². The zero-order valence-electron chi connectivity index (χ0n) is 12.6. The SMILES string of the molecule is CCCNCc1ccc(S(=O)(=O)NC2(C)CCOCC2)o1. The predicted molar refractivity (Wildman–Crippen MR) is 79.5 cm³/mol. The average molecular weight is 316 g/mol. The molecular formula is C14H24N2O4S. The topological polar surface area (TPSA) is 80.6 Å². The molecule has 2 N–H and O–H groups in total. The van der Waals surface area contributed by atoms with E-state index in [0.717, 1.165) is 13.0 Å². The standard InChI is InChI=1S/C14H24N2O4S/c1-3-8-15-11-12-4-5-13(20-12)21(17,18)16-14(2)6-9-19-10-7-14/h4-5,15-16H,3,6-11H2,1-2H3. The first kappa shape index (κ1) is 16.5. The summed E-state index contributed by atoms with van der Waals surface area (Å²) in [5.41, 5.74) is -0.468. The number of rotatable bonds is 7. The van der Waals surface area contributed by atoms with E-state index in [0.29, 0.717) is 38.4 Å². The van der Waals surface area contributed by atoms with Gasteiger partial charge in [0.1, 0.15) is 5.76 Å². The summed E-state index contributed by atoms with van der Waals surface area (Å²) < 4.78 is 38.2. The molecule has 0 bridgehead atoms. The van der Waals surface area contributed by atoms with Crippen molar-refractivity contribution >= 4 is 10.0 Å². The molecule has 1 fully saturated rings. The minimum absolute atomic E-state index is 0.0245. The number of ether oxygens (including phenoxy) is 1. The molecule has 2 rings (SSSR count). The molecule has 0 aromatic carbocycles. The smallest absolute Gasteiger partial charge is 0.274 e. The Bertz CT molecular complexity index is 547. The summed E-state index contributed by atoms with van der Waals surface area (Å²) in [5.74, 6) is 0.626. The van der Waals surface area contributed by atoms with Crippen LogP contribution in [0.2, 0.25) is 0 Å². The summed E-state index contributed by atoms with van der Waals surface area (Å²) in [6, 6.07) is 3.21. The summed E-state index contributed by atoms with van der Waals surface area (Å²) in [6.07, 6.45) is 2.35. The van der Waals surface area contributed by atoms with Gasteiger partial charge in [-0.15, -0.1) is 0 Å². The van der Waals surface area contributed by atoms with Crippen LogP contribution in [0.1, 0.15) is 38.9 Å². The van der Waals surface area contributed by atoms with Crippen LogP contribution in [-0.2, 0) is 21.3 Å². The summed E-state index contributed by atoms with van der Waals surface area (Å²) >= 11 is 0. The Kier molecular flexibility index (Phi) is 5.43. The minimum atomic E-state index is -3.63. The van der Waals surface area contributed by atoms with Crippen molar-refractivity contribution in [1.82, 2.24) is 10.0 Å². The van der Waals surface area contributed by atoms with Gasteiger partial charge in [-0.2, -0.15) is 0 Å². The molecule has 0 saturated carbocycles. The average Bonchev–Trinajstić information content (AvgIpc) is 2.88. The lowest BCUT2D eigenvalue weighted by Crippen LogP contribution is -2.49. The summed E-state index contributed by atoms with van der Waals surface area (Å²) in [6.45, 7) is 6.53. The molecule has 2 heterocycles. The Hall–Kier alpha value is -0.890. The maximum absolute atomic E-state index is 12.4. The molecule has 0 spiro atoms. The van der Waals surface area contributed by atoms with Gasteiger partial charge in [-0.05, 0) is 44.9 Å². The molecule has 1 aromatic rings. The van der Waals surface area contributed by atoms with E-state index in [4.69, 9.17) is 9.15 Å². The molecule has 1 aliphatic heterocycles. The Labute approximate surface area is 126 Å². The third kappa shape index (κ3) is 4.54. The van der Waals surface area contributed by atoms with Crippen molar-refractivity contribution in [2.45, 2.75) is 50.3 Å². The van der Waals surface area contributed by atoms with E-state index >= 15 is 0 Å².